The zero-order valence-electron chi connectivity index (χ0n) is 16.2. The normalized spacial score (nSPS) is 13.0. The van der Waals surface area contributed by atoms with E-state index in [4.69, 9.17) is 14.2 Å². The van der Waals surface area contributed by atoms with Gasteiger partial charge in [0.15, 0.2) is 5.94 Å². The van der Waals surface area contributed by atoms with Crippen LogP contribution >= 0.6 is 0 Å². The van der Waals surface area contributed by atoms with Gasteiger partial charge < -0.3 is 14.2 Å². The molecule has 1 unspecified atom stereocenters. The van der Waals surface area contributed by atoms with Gasteiger partial charge in [-0.05, 0) is 6.42 Å². The average molecular weight is 396 g/mol. The highest BCUT2D eigenvalue weighted by Gasteiger charge is 2.14. The Hall–Kier alpha value is -0.510. The van der Waals surface area contributed by atoms with Crippen molar-refractivity contribution < 1.29 is 26.9 Å². The summed E-state index contributed by atoms with van der Waals surface area (Å²) in [5.74, 6) is 4.05. The molecule has 8 heteroatoms. The molecule has 0 bridgehead atoms. The Kier molecular flexibility index (Phi) is 17.5. The Morgan fingerprint density at radius 3 is 2.12 bits per heavy atom. The van der Waals surface area contributed by atoms with Crippen molar-refractivity contribution in [3.05, 3.63) is 12.7 Å². The molecular weight excluding hydrogens is 358 g/mol. The van der Waals surface area contributed by atoms with Crippen LogP contribution in [0.25, 0.3) is 0 Å². The second-order valence-electron chi connectivity index (χ2n) is 6.29. The molecule has 0 aromatic heterocycles. The number of hydrogen-bond donors (Lipinski definition) is 1. The third-order valence-corrected chi connectivity index (χ3v) is 4.57. The van der Waals surface area contributed by atoms with E-state index in [0.717, 1.165) is 12.8 Å². The van der Waals surface area contributed by atoms with Crippen LogP contribution in [0, 0.1) is 0 Å². The lowest BCUT2D eigenvalue weighted by molar-refractivity contribution is -0.0510. The number of nitrogens with two attached hydrogens (primary N) is 1. The number of unbranched alkanes of at least 4 members (excludes halogenated alkanes) is 8. The Morgan fingerprint density at radius 2 is 1.54 bits per heavy atom. The minimum Gasteiger partial charge on any atom is -0.375 e. The van der Waals surface area contributed by atoms with Crippen molar-refractivity contribution in [2.24, 2.45) is 5.90 Å². The van der Waals surface area contributed by atoms with Crippen molar-refractivity contribution in [2.45, 2.75) is 70.8 Å². The fourth-order valence-electron chi connectivity index (χ4n) is 2.40. The maximum absolute atomic E-state index is 11.1. The molecule has 1 atom stereocenters. The van der Waals surface area contributed by atoms with Gasteiger partial charge in [0, 0.05) is 6.61 Å². The lowest BCUT2D eigenvalue weighted by Gasteiger charge is -2.17. The largest absolute Gasteiger partial charge is 0.375 e. The van der Waals surface area contributed by atoms with E-state index < -0.39 is 16.1 Å². The van der Waals surface area contributed by atoms with Crippen LogP contribution in [0.3, 0.4) is 0 Å². The molecule has 7 nitrogen and oxygen atoms in total. The van der Waals surface area contributed by atoms with Gasteiger partial charge >= 0.3 is 10.1 Å². The van der Waals surface area contributed by atoms with E-state index in [2.05, 4.69) is 23.7 Å². The summed E-state index contributed by atoms with van der Waals surface area (Å²) in [5.41, 5.74) is 0. The van der Waals surface area contributed by atoms with Crippen molar-refractivity contribution in [2.75, 3.05) is 32.4 Å². The van der Waals surface area contributed by atoms with Crippen LogP contribution in [0.5, 0.6) is 0 Å². The fraction of sp³-hybridized carbons (Fsp3) is 0.889. The Balaban J connectivity index is 3.80. The summed E-state index contributed by atoms with van der Waals surface area (Å²) in [5, 5.41) is 0. The van der Waals surface area contributed by atoms with E-state index in [0.29, 0.717) is 19.8 Å². The second-order valence-corrected chi connectivity index (χ2v) is 7.83. The maximum Gasteiger partial charge on any atom is 0.307 e. The number of rotatable bonds is 20. The van der Waals surface area contributed by atoms with Crippen molar-refractivity contribution in [3.8, 4) is 0 Å². The molecule has 156 valence electrons. The monoisotopic (exact) mass is 395 g/mol. The Bertz CT molecular complexity index is 416. The summed E-state index contributed by atoms with van der Waals surface area (Å²) in [4.78, 5) is 0. The van der Waals surface area contributed by atoms with Gasteiger partial charge in [-0.3, -0.25) is 0 Å². The third kappa shape index (κ3) is 16.9. The van der Waals surface area contributed by atoms with Crippen LogP contribution in [-0.2, 0) is 28.6 Å². The fourth-order valence-corrected chi connectivity index (χ4v) is 2.76. The molecule has 0 rings (SSSR count). The van der Waals surface area contributed by atoms with Crippen molar-refractivity contribution in [3.63, 3.8) is 0 Å². The van der Waals surface area contributed by atoms with Crippen molar-refractivity contribution in [1.82, 2.24) is 0 Å². The first-order valence-electron chi connectivity index (χ1n) is 9.54. The van der Waals surface area contributed by atoms with E-state index in [-0.39, 0.29) is 12.7 Å². The van der Waals surface area contributed by atoms with Gasteiger partial charge in [0.1, 0.15) is 6.10 Å². The predicted octanol–water partition coefficient (Wildman–Crippen LogP) is 3.30. The minimum absolute atomic E-state index is 0.0944. The van der Waals surface area contributed by atoms with Gasteiger partial charge in [0.2, 0.25) is 0 Å². The van der Waals surface area contributed by atoms with Gasteiger partial charge in [-0.25, -0.2) is 0 Å². The highest BCUT2D eigenvalue weighted by Crippen LogP contribution is 2.10. The molecule has 0 aromatic rings. The zero-order valence-corrected chi connectivity index (χ0v) is 17.0. The highest BCUT2D eigenvalue weighted by atomic mass is 32.2. The summed E-state index contributed by atoms with van der Waals surface area (Å²) in [6.45, 7) is 7.22. The number of ether oxygens (including phenoxy) is 3. The van der Waals surface area contributed by atoms with Gasteiger partial charge in [0.25, 0.3) is 0 Å². The summed E-state index contributed by atoms with van der Waals surface area (Å²) >= 11 is 0. The SMILES string of the molecule is C=CCOCC(COCS(=O)(=O)ON)OCCCCCCCCCCC. The highest BCUT2D eigenvalue weighted by molar-refractivity contribution is 7.86. The topological polar surface area (TPSA) is 97.1 Å². The summed E-state index contributed by atoms with van der Waals surface area (Å²) in [6, 6.07) is 0. The first kappa shape index (κ1) is 25.5. The maximum atomic E-state index is 11.1. The molecule has 0 spiro atoms. The van der Waals surface area contributed by atoms with E-state index in [1.54, 1.807) is 6.08 Å². The van der Waals surface area contributed by atoms with Crippen LogP contribution in [0.15, 0.2) is 12.7 Å². The second kappa shape index (κ2) is 17.9. The predicted molar refractivity (Wildman–Crippen MR) is 103 cm³/mol. The molecule has 0 heterocycles. The molecule has 26 heavy (non-hydrogen) atoms. The molecule has 0 aliphatic heterocycles. The van der Waals surface area contributed by atoms with Gasteiger partial charge in [-0.15, -0.1) is 6.58 Å². The summed E-state index contributed by atoms with van der Waals surface area (Å²) in [7, 11) is -3.84. The van der Waals surface area contributed by atoms with E-state index in [1.807, 2.05) is 0 Å². The van der Waals surface area contributed by atoms with Crippen LogP contribution in [0.2, 0.25) is 0 Å². The lowest BCUT2D eigenvalue weighted by atomic mass is 10.1. The van der Waals surface area contributed by atoms with Gasteiger partial charge in [0.05, 0.1) is 19.8 Å². The van der Waals surface area contributed by atoms with Crippen molar-refractivity contribution in [1.29, 1.82) is 0 Å². The molecule has 0 aliphatic carbocycles. The van der Waals surface area contributed by atoms with Crippen LogP contribution in [0.4, 0.5) is 0 Å². The van der Waals surface area contributed by atoms with E-state index in [1.165, 1.54) is 44.9 Å². The molecule has 2 N–H and O–H groups in total. The lowest BCUT2D eigenvalue weighted by Crippen LogP contribution is -2.28. The smallest absolute Gasteiger partial charge is 0.307 e. The molecule has 0 saturated carbocycles. The quantitative estimate of drug-likeness (QED) is 0.192. The average Bonchev–Trinajstić information content (AvgIpc) is 2.63. The number of hydrogen-bond acceptors (Lipinski definition) is 7. The standard InChI is InChI=1S/C18H37NO6S/c1-3-5-6-7-8-9-10-11-12-14-24-18(15-22-13-4-2)16-23-17-26(20,21)25-19/h4,18H,2-3,5-17,19H2,1H3. The molecular formula is C18H37NO6S. The van der Waals surface area contributed by atoms with E-state index in [9.17, 15) is 8.42 Å². The summed E-state index contributed by atoms with van der Waals surface area (Å²) in [6.07, 6.45) is 12.5. The third-order valence-electron chi connectivity index (χ3n) is 3.82. The molecule has 0 aromatic carbocycles. The molecule has 0 aliphatic rings. The van der Waals surface area contributed by atoms with Crippen LogP contribution in [-0.4, -0.2) is 46.9 Å². The van der Waals surface area contributed by atoms with E-state index >= 15 is 0 Å². The Labute approximate surface area is 159 Å². The van der Waals surface area contributed by atoms with Crippen molar-refractivity contribution >= 4 is 10.1 Å². The summed E-state index contributed by atoms with van der Waals surface area (Å²) < 4.78 is 42.3. The first-order valence-corrected chi connectivity index (χ1v) is 11.1. The molecule has 0 saturated heterocycles. The van der Waals surface area contributed by atoms with Gasteiger partial charge in [-0.2, -0.15) is 18.6 Å². The van der Waals surface area contributed by atoms with Crippen LogP contribution in [0.1, 0.15) is 64.7 Å². The molecule has 0 radical (unpaired) electrons. The van der Waals surface area contributed by atoms with Gasteiger partial charge in [-0.1, -0.05) is 64.4 Å². The van der Waals surface area contributed by atoms with Crippen LogP contribution < -0.4 is 5.90 Å². The Morgan fingerprint density at radius 1 is 0.962 bits per heavy atom. The molecule has 0 amide bonds. The molecule has 0 fully saturated rings. The zero-order chi connectivity index (χ0) is 19.5. The first-order chi connectivity index (χ1) is 12.6. The minimum atomic E-state index is -3.84.